The van der Waals surface area contributed by atoms with Gasteiger partial charge in [0.05, 0.1) is 6.10 Å². The first-order chi connectivity index (χ1) is 9.74. The summed E-state index contributed by atoms with van der Waals surface area (Å²) >= 11 is 7.58. The van der Waals surface area contributed by atoms with Gasteiger partial charge in [-0.1, -0.05) is 11.6 Å². The fraction of sp³-hybridized carbons (Fsp3) is 0.533. The molecule has 110 valence electrons. The number of rotatable bonds is 7. The molecule has 1 aliphatic rings. The van der Waals surface area contributed by atoms with Gasteiger partial charge < -0.3 is 10.1 Å². The molecule has 1 aromatic carbocycles. The molecule has 0 bridgehead atoms. The van der Waals surface area contributed by atoms with Gasteiger partial charge in [0.25, 0.3) is 0 Å². The van der Waals surface area contributed by atoms with Gasteiger partial charge in [-0.15, -0.1) is 11.8 Å². The molecule has 0 spiro atoms. The van der Waals surface area contributed by atoms with Gasteiger partial charge in [-0.2, -0.15) is 0 Å². The number of carbonyl (C=O) groups is 1. The molecule has 3 nitrogen and oxygen atoms in total. The second-order valence-corrected chi connectivity index (χ2v) is 6.45. The molecule has 5 heteroatoms. The van der Waals surface area contributed by atoms with Crippen LogP contribution in [0.3, 0.4) is 0 Å². The molecular formula is C15H20ClNO2S. The molecule has 1 aliphatic heterocycles. The summed E-state index contributed by atoms with van der Waals surface area (Å²) in [6.45, 7) is 1.49. The van der Waals surface area contributed by atoms with E-state index >= 15 is 0 Å². The average molecular weight is 314 g/mol. The maximum atomic E-state index is 11.7. The molecule has 1 N–H and O–H groups in total. The highest BCUT2D eigenvalue weighted by Crippen LogP contribution is 2.21. The first-order valence-electron chi connectivity index (χ1n) is 7.01. The van der Waals surface area contributed by atoms with Crippen molar-refractivity contribution < 1.29 is 9.53 Å². The predicted octanol–water partition coefficient (Wildman–Crippen LogP) is 3.51. The van der Waals surface area contributed by atoms with Crippen LogP contribution in [-0.4, -0.2) is 30.9 Å². The molecule has 0 aromatic heterocycles. The number of halogens is 1. The first-order valence-corrected chi connectivity index (χ1v) is 8.37. The highest BCUT2D eigenvalue weighted by molar-refractivity contribution is 7.99. The van der Waals surface area contributed by atoms with Gasteiger partial charge in [0, 0.05) is 29.5 Å². The smallest absolute Gasteiger partial charge is 0.220 e. The van der Waals surface area contributed by atoms with Crippen molar-refractivity contribution in [3.8, 4) is 0 Å². The van der Waals surface area contributed by atoms with Crippen LogP contribution in [0.4, 0.5) is 0 Å². The van der Waals surface area contributed by atoms with E-state index in [-0.39, 0.29) is 12.0 Å². The number of benzene rings is 1. The van der Waals surface area contributed by atoms with Crippen molar-refractivity contribution in [2.24, 2.45) is 0 Å². The van der Waals surface area contributed by atoms with Crippen LogP contribution in [0.2, 0.25) is 5.02 Å². The molecule has 1 fully saturated rings. The van der Waals surface area contributed by atoms with Crippen molar-refractivity contribution in [1.29, 1.82) is 0 Å². The van der Waals surface area contributed by atoms with E-state index in [1.165, 1.54) is 4.90 Å². The normalized spacial score (nSPS) is 18.1. The van der Waals surface area contributed by atoms with Crippen LogP contribution >= 0.6 is 23.4 Å². The van der Waals surface area contributed by atoms with Crippen LogP contribution in [0.5, 0.6) is 0 Å². The van der Waals surface area contributed by atoms with Gasteiger partial charge in [-0.25, -0.2) is 0 Å². The molecule has 1 aromatic rings. The van der Waals surface area contributed by atoms with Gasteiger partial charge in [-0.3, -0.25) is 4.79 Å². The number of hydrogen-bond acceptors (Lipinski definition) is 3. The third kappa shape index (κ3) is 5.73. The van der Waals surface area contributed by atoms with E-state index in [4.69, 9.17) is 16.3 Å². The van der Waals surface area contributed by atoms with E-state index in [9.17, 15) is 4.79 Å². The molecule has 1 heterocycles. The summed E-state index contributed by atoms with van der Waals surface area (Å²) in [5.41, 5.74) is 0. The van der Waals surface area contributed by atoms with Crippen molar-refractivity contribution in [2.45, 2.75) is 36.7 Å². The molecule has 1 atom stereocenters. The lowest BCUT2D eigenvalue weighted by Crippen LogP contribution is -2.31. The predicted molar refractivity (Wildman–Crippen MR) is 83.4 cm³/mol. The summed E-state index contributed by atoms with van der Waals surface area (Å²) in [5.74, 6) is 1.06. The van der Waals surface area contributed by atoms with E-state index in [2.05, 4.69) is 5.32 Å². The number of ether oxygens (including phenoxy) is 1. The van der Waals surface area contributed by atoms with Crippen LogP contribution in [0.25, 0.3) is 0 Å². The van der Waals surface area contributed by atoms with Crippen molar-refractivity contribution in [1.82, 2.24) is 5.32 Å². The molecule has 2 rings (SSSR count). The molecule has 0 unspecified atom stereocenters. The van der Waals surface area contributed by atoms with Crippen LogP contribution in [-0.2, 0) is 9.53 Å². The van der Waals surface area contributed by atoms with Gasteiger partial charge in [0.1, 0.15) is 0 Å². The van der Waals surface area contributed by atoms with Gasteiger partial charge in [0.2, 0.25) is 5.91 Å². The fourth-order valence-electron chi connectivity index (χ4n) is 2.07. The Labute approximate surface area is 129 Å². The Hall–Kier alpha value is -0.710. The fourth-order valence-corrected chi connectivity index (χ4v) is 3.05. The van der Waals surface area contributed by atoms with E-state index in [1.807, 2.05) is 24.3 Å². The zero-order valence-electron chi connectivity index (χ0n) is 11.4. The number of amides is 1. The third-order valence-corrected chi connectivity index (χ3v) is 4.53. The summed E-state index contributed by atoms with van der Waals surface area (Å²) in [6, 6.07) is 7.78. The molecule has 0 radical (unpaired) electrons. The molecule has 0 aliphatic carbocycles. The van der Waals surface area contributed by atoms with Crippen molar-refractivity contribution in [3.05, 3.63) is 29.3 Å². The first kappa shape index (κ1) is 15.7. The minimum atomic E-state index is 0.122. The number of hydrogen-bond donors (Lipinski definition) is 1. The summed E-state index contributed by atoms with van der Waals surface area (Å²) in [7, 11) is 0. The zero-order valence-corrected chi connectivity index (χ0v) is 13.0. The van der Waals surface area contributed by atoms with Crippen LogP contribution < -0.4 is 5.32 Å². The second kappa shape index (κ2) is 8.55. The highest BCUT2D eigenvalue weighted by Gasteiger charge is 2.15. The van der Waals surface area contributed by atoms with Crippen molar-refractivity contribution in [2.75, 3.05) is 18.9 Å². The molecule has 20 heavy (non-hydrogen) atoms. The van der Waals surface area contributed by atoms with E-state index in [0.717, 1.165) is 36.6 Å². The van der Waals surface area contributed by atoms with E-state index in [0.29, 0.717) is 13.0 Å². The SMILES string of the molecule is O=C(CCCSc1ccc(Cl)cc1)NC[C@@H]1CCCO1. The Kier molecular flexibility index (Phi) is 6.70. The van der Waals surface area contributed by atoms with Crippen LogP contribution in [0.15, 0.2) is 29.2 Å². The summed E-state index contributed by atoms with van der Waals surface area (Å²) in [4.78, 5) is 12.9. The average Bonchev–Trinajstić information content (AvgIpc) is 2.96. The van der Waals surface area contributed by atoms with E-state index < -0.39 is 0 Å². The van der Waals surface area contributed by atoms with Crippen LogP contribution in [0.1, 0.15) is 25.7 Å². The Morgan fingerprint density at radius 3 is 2.90 bits per heavy atom. The standard InChI is InChI=1S/C15H20ClNO2S/c16-12-5-7-14(8-6-12)20-10-2-4-15(18)17-11-13-3-1-9-19-13/h5-8,13H,1-4,9-11H2,(H,17,18)/t13-/m0/s1. The lowest BCUT2D eigenvalue weighted by Gasteiger charge is -2.10. The molecule has 0 saturated carbocycles. The lowest BCUT2D eigenvalue weighted by molar-refractivity contribution is -0.121. The minimum absolute atomic E-state index is 0.122. The molecular weight excluding hydrogens is 294 g/mol. The number of carbonyl (C=O) groups excluding carboxylic acids is 1. The Morgan fingerprint density at radius 2 is 2.20 bits per heavy atom. The van der Waals surface area contributed by atoms with Crippen molar-refractivity contribution in [3.63, 3.8) is 0 Å². The highest BCUT2D eigenvalue weighted by atomic mass is 35.5. The second-order valence-electron chi connectivity index (χ2n) is 4.85. The lowest BCUT2D eigenvalue weighted by atomic mass is 10.2. The molecule has 1 amide bonds. The van der Waals surface area contributed by atoms with Gasteiger partial charge in [-0.05, 0) is 49.3 Å². The molecule has 1 saturated heterocycles. The van der Waals surface area contributed by atoms with Gasteiger partial charge in [0.15, 0.2) is 0 Å². The summed E-state index contributed by atoms with van der Waals surface area (Å²) < 4.78 is 5.47. The number of thioether (sulfide) groups is 1. The quantitative estimate of drug-likeness (QED) is 0.618. The summed E-state index contributed by atoms with van der Waals surface area (Å²) in [6.07, 6.45) is 3.85. The van der Waals surface area contributed by atoms with Gasteiger partial charge >= 0.3 is 0 Å². The number of nitrogens with one attached hydrogen (secondary N) is 1. The maximum absolute atomic E-state index is 11.7. The van der Waals surface area contributed by atoms with E-state index in [1.54, 1.807) is 11.8 Å². The minimum Gasteiger partial charge on any atom is -0.376 e. The monoisotopic (exact) mass is 313 g/mol. The Morgan fingerprint density at radius 1 is 1.40 bits per heavy atom. The Bertz CT molecular complexity index is 418. The maximum Gasteiger partial charge on any atom is 0.220 e. The topological polar surface area (TPSA) is 38.3 Å². The largest absolute Gasteiger partial charge is 0.376 e. The zero-order chi connectivity index (χ0) is 14.2. The summed E-state index contributed by atoms with van der Waals surface area (Å²) in [5, 5.41) is 3.69. The Balaban J connectivity index is 1.53. The van der Waals surface area contributed by atoms with Crippen molar-refractivity contribution >= 4 is 29.3 Å². The van der Waals surface area contributed by atoms with Crippen LogP contribution in [0, 0.1) is 0 Å². The third-order valence-electron chi connectivity index (χ3n) is 3.18.